The van der Waals surface area contributed by atoms with Gasteiger partial charge in [-0.15, -0.1) is 0 Å². The van der Waals surface area contributed by atoms with Crippen LogP contribution in [0.4, 0.5) is 0 Å². The van der Waals surface area contributed by atoms with Crippen LogP contribution in [0.3, 0.4) is 0 Å². The van der Waals surface area contributed by atoms with Gasteiger partial charge in [-0.25, -0.2) is 0 Å². The van der Waals surface area contributed by atoms with E-state index in [9.17, 15) is 4.79 Å². The van der Waals surface area contributed by atoms with E-state index in [1.165, 1.54) is 0 Å². The van der Waals surface area contributed by atoms with E-state index in [-0.39, 0.29) is 23.6 Å². The summed E-state index contributed by atoms with van der Waals surface area (Å²) < 4.78 is 17.8. The Morgan fingerprint density at radius 1 is 1.36 bits per heavy atom. The number of allylic oxidation sites excluding steroid dienone is 2. The first-order valence-corrected chi connectivity index (χ1v) is 13.5. The predicted molar refractivity (Wildman–Crippen MR) is 101 cm³/mol. The van der Waals surface area contributed by atoms with Crippen LogP contribution in [0.25, 0.3) is 0 Å². The summed E-state index contributed by atoms with van der Waals surface area (Å²) in [5, 5.41) is 0. The molecule has 0 unspecified atom stereocenters. The van der Waals surface area contributed by atoms with E-state index >= 15 is 0 Å². The standard InChI is InChI=1S/C20H34O4Si/c1-20-9-5-6-15(13-20)7-8-16-12-17(21)24-18(16)19(20)23-14-22-10-11-25(2,3)4/h6,16,18-19H,5,7-14H2,1-4H3/t16-,18+,19-,20+/m0/s1. The molecule has 0 N–H and O–H groups in total. The van der Waals surface area contributed by atoms with E-state index in [0.717, 1.165) is 44.8 Å². The third-order valence-electron chi connectivity index (χ3n) is 6.09. The maximum absolute atomic E-state index is 11.9. The van der Waals surface area contributed by atoms with Crippen molar-refractivity contribution in [3.63, 3.8) is 0 Å². The fraction of sp³-hybridized carbons (Fsp3) is 0.850. The number of ether oxygens (including phenoxy) is 3. The van der Waals surface area contributed by atoms with Gasteiger partial charge in [-0.05, 0) is 38.1 Å². The van der Waals surface area contributed by atoms with E-state index in [1.807, 2.05) is 0 Å². The van der Waals surface area contributed by atoms with Crippen molar-refractivity contribution in [2.24, 2.45) is 11.3 Å². The molecule has 2 bridgehead atoms. The van der Waals surface area contributed by atoms with Gasteiger partial charge in [0, 0.05) is 26.0 Å². The summed E-state index contributed by atoms with van der Waals surface area (Å²) in [6.07, 6.45) is 8.20. The highest BCUT2D eigenvalue weighted by molar-refractivity contribution is 6.76. The molecule has 25 heavy (non-hydrogen) atoms. The lowest BCUT2D eigenvalue weighted by atomic mass is 9.65. The minimum atomic E-state index is -1.08. The van der Waals surface area contributed by atoms with Crippen LogP contribution >= 0.6 is 0 Å². The third-order valence-corrected chi connectivity index (χ3v) is 7.79. The monoisotopic (exact) mass is 366 g/mol. The van der Waals surface area contributed by atoms with Crippen molar-refractivity contribution < 1.29 is 19.0 Å². The first-order chi connectivity index (χ1) is 11.8. The maximum atomic E-state index is 11.9. The fourth-order valence-electron chi connectivity index (χ4n) is 4.54. The highest BCUT2D eigenvalue weighted by Crippen LogP contribution is 2.48. The summed E-state index contributed by atoms with van der Waals surface area (Å²) in [6, 6.07) is 1.15. The van der Waals surface area contributed by atoms with Crippen LogP contribution in [0.15, 0.2) is 11.6 Å². The average Bonchev–Trinajstić information content (AvgIpc) is 2.87. The first-order valence-electron chi connectivity index (χ1n) is 9.84. The Bertz CT molecular complexity index is 524. The summed E-state index contributed by atoms with van der Waals surface area (Å²) in [5.74, 6) is 0.234. The Balaban J connectivity index is 1.66. The Labute approximate surface area is 153 Å². The molecule has 2 aliphatic carbocycles. The van der Waals surface area contributed by atoms with E-state index in [2.05, 4.69) is 32.6 Å². The largest absolute Gasteiger partial charge is 0.459 e. The van der Waals surface area contributed by atoms with E-state index in [0.29, 0.717) is 19.1 Å². The van der Waals surface area contributed by atoms with Gasteiger partial charge in [0.25, 0.3) is 0 Å². The van der Waals surface area contributed by atoms with E-state index in [1.54, 1.807) is 5.57 Å². The smallest absolute Gasteiger partial charge is 0.306 e. The van der Waals surface area contributed by atoms with Crippen LogP contribution in [0.1, 0.15) is 45.4 Å². The number of rotatable bonds is 6. The average molecular weight is 367 g/mol. The molecule has 0 aromatic carbocycles. The number of fused-ring (bicyclic) bond motifs is 3. The van der Waals surface area contributed by atoms with E-state index < -0.39 is 8.07 Å². The molecule has 4 nitrogen and oxygen atoms in total. The summed E-state index contributed by atoms with van der Waals surface area (Å²) in [7, 11) is -1.08. The molecule has 0 spiro atoms. The van der Waals surface area contributed by atoms with Crippen LogP contribution in [-0.2, 0) is 19.0 Å². The Kier molecular flexibility index (Phi) is 5.76. The zero-order valence-corrected chi connectivity index (χ0v) is 17.3. The second kappa shape index (κ2) is 7.53. The van der Waals surface area contributed by atoms with Crippen LogP contribution in [-0.4, -0.2) is 39.7 Å². The Hall–Kier alpha value is -0.653. The van der Waals surface area contributed by atoms with Gasteiger partial charge in [-0.3, -0.25) is 4.79 Å². The van der Waals surface area contributed by atoms with Gasteiger partial charge in [-0.2, -0.15) is 0 Å². The molecule has 5 heteroatoms. The molecule has 4 atom stereocenters. The highest BCUT2D eigenvalue weighted by atomic mass is 28.3. The molecule has 0 radical (unpaired) electrons. The predicted octanol–water partition coefficient (Wildman–Crippen LogP) is 4.53. The minimum absolute atomic E-state index is 0.0418. The number of hydrogen-bond donors (Lipinski definition) is 0. The summed E-state index contributed by atoms with van der Waals surface area (Å²) >= 11 is 0. The molecular weight excluding hydrogens is 332 g/mol. The van der Waals surface area contributed by atoms with Gasteiger partial charge in [0.05, 0.1) is 6.42 Å². The van der Waals surface area contributed by atoms with Crippen molar-refractivity contribution in [2.45, 2.75) is 83.3 Å². The third kappa shape index (κ3) is 4.75. The number of esters is 1. The zero-order chi connectivity index (χ0) is 18.1. The molecule has 1 saturated heterocycles. The quantitative estimate of drug-likeness (QED) is 0.228. The molecule has 3 aliphatic rings. The molecule has 1 aliphatic heterocycles. The Morgan fingerprint density at radius 2 is 2.16 bits per heavy atom. The second-order valence-electron chi connectivity index (χ2n) is 9.61. The zero-order valence-electron chi connectivity index (χ0n) is 16.3. The summed E-state index contributed by atoms with van der Waals surface area (Å²) in [5.41, 5.74) is 1.58. The minimum Gasteiger partial charge on any atom is -0.459 e. The van der Waals surface area contributed by atoms with Crippen LogP contribution in [0.5, 0.6) is 0 Å². The molecule has 0 amide bonds. The second-order valence-corrected chi connectivity index (χ2v) is 15.2. The van der Waals surface area contributed by atoms with Gasteiger partial charge in [0.15, 0.2) is 0 Å². The van der Waals surface area contributed by atoms with Crippen molar-refractivity contribution >= 4 is 14.0 Å². The molecule has 2 fully saturated rings. The molecule has 1 heterocycles. The lowest BCUT2D eigenvalue weighted by Gasteiger charge is -2.45. The number of carbonyl (C=O) groups is 1. The van der Waals surface area contributed by atoms with Gasteiger partial charge >= 0.3 is 5.97 Å². The van der Waals surface area contributed by atoms with Crippen LogP contribution < -0.4 is 0 Å². The summed E-state index contributed by atoms with van der Waals surface area (Å²) in [4.78, 5) is 11.9. The number of carbonyl (C=O) groups excluding carboxylic acids is 1. The van der Waals surface area contributed by atoms with Gasteiger partial charge in [0.2, 0.25) is 0 Å². The fourth-order valence-corrected chi connectivity index (χ4v) is 5.30. The van der Waals surface area contributed by atoms with Crippen molar-refractivity contribution in [2.75, 3.05) is 13.4 Å². The lowest BCUT2D eigenvalue weighted by Crippen LogP contribution is -2.48. The highest BCUT2D eigenvalue weighted by Gasteiger charge is 2.50. The first kappa shape index (κ1) is 19.1. The van der Waals surface area contributed by atoms with E-state index in [4.69, 9.17) is 14.2 Å². The molecule has 1 saturated carbocycles. The van der Waals surface area contributed by atoms with Gasteiger partial charge in [-0.1, -0.05) is 38.2 Å². The lowest BCUT2D eigenvalue weighted by molar-refractivity contribution is -0.183. The maximum Gasteiger partial charge on any atom is 0.306 e. The van der Waals surface area contributed by atoms with Crippen molar-refractivity contribution in [3.05, 3.63) is 11.6 Å². The van der Waals surface area contributed by atoms with Gasteiger partial charge < -0.3 is 14.2 Å². The molecule has 0 aromatic heterocycles. The van der Waals surface area contributed by atoms with Crippen molar-refractivity contribution in [1.82, 2.24) is 0 Å². The topological polar surface area (TPSA) is 44.8 Å². The van der Waals surface area contributed by atoms with Crippen molar-refractivity contribution in [1.29, 1.82) is 0 Å². The Morgan fingerprint density at radius 3 is 2.92 bits per heavy atom. The summed E-state index contributed by atoms with van der Waals surface area (Å²) in [6.45, 7) is 10.4. The molecule has 0 aromatic rings. The van der Waals surface area contributed by atoms with Crippen LogP contribution in [0.2, 0.25) is 25.7 Å². The normalized spacial score (nSPS) is 35.4. The molecule has 3 rings (SSSR count). The SMILES string of the molecule is C[C@]12CCC=C(CC[C@H]3CC(=O)O[C@H]3[C@@H]1OCOCC[Si](C)(C)C)C2. The molecule has 142 valence electrons. The van der Waals surface area contributed by atoms with Crippen LogP contribution in [0, 0.1) is 11.3 Å². The molecular formula is C20H34O4Si. The van der Waals surface area contributed by atoms with Crippen molar-refractivity contribution in [3.8, 4) is 0 Å². The van der Waals surface area contributed by atoms with Gasteiger partial charge in [0.1, 0.15) is 19.0 Å². The number of hydrogen-bond acceptors (Lipinski definition) is 4.